The van der Waals surface area contributed by atoms with Crippen molar-refractivity contribution in [1.82, 2.24) is 10.6 Å². The van der Waals surface area contributed by atoms with Crippen LogP contribution >= 0.6 is 11.6 Å². The summed E-state index contributed by atoms with van der Waals surface area (Å²) in [5, 5.41) is 14.3. The van der Waals surface area contributed by atoms with Crippen molar-refractivity contribution >= 4 is 29.4 Å². The Morgan fingerprint density at radius 1 is 0.938 bits per heavy atom. The quantitative estimate of drug-likeness (QED) is 0.519. The fraction of sp³-hybridized carbons (Fsp3) is 0.348. The van der Waals surface area contributed by atoms with E-state index in [4.69, 9.17) is 21.4 Å². The molecule has 0 heterocycles. The van der Waals surface area contributed by atoms with E-state index >= 15 is 0 Å². The van der Waals surface area contributed by atoms with Gasteiger partial charge < -0.3 is 20.5 Å². The topological polar surface area (TPSA) is 105 Å². The Labute approximate surface area is 189 Å². The third-order valence-electron chi connectivity index (χ3n) is 5.32. The lowest BCUT2D eigenvalue weighted by Crippen LogP contribution is -2.34. The molecule has 0 atom stereocenters. The summed E-state index contributed by atoms with van der Waals surface area (Å²) in [5.74, 6) is -1.86. The third-order valence-corrected chi connectivity index (χ3v) is 5.63. The van der Waals surface area contributed by atoms with Gasteiger partial charge in [-0.3, -0.25) is 14.4 Å². The minimum absolute atomic E-state index is 0.0250. The lowest BCUT2D eigenvalue weighted by Gasteiger charge is -2.26. The van der Waals surface area contributed by atoms with Gasteiger partial charge in [0.2, 0.25) is 0 Å². The first-order chi connectivity index (χ1) is 15.3. The molecule has 1 aliphatic carbocycles. The Kier molecular flexibility index (Phi) is 8.05. The Balaban J connectivity index is 1.39. The maximum atomic E-state index is 13.4. The maximum absolute atomic E-state index is 13.4. The smallest absolute Gasteiger partial charge is 0.306 e. The SMILES string of the molecule is O=C(NCCNC(=O)c1ccc(Cl)c(F)c1)c1ccc(OC2CCC(C(=O)O)CC2)cc1. The van der Waals surface area contributed by atoms with Crippen LogP contribution in [0.1, 0.15) is 46.4 Å². The molecule has 1 fully saturated rings. The average molecular weight is 463 g/mol. The van der Waals surface area contributed by atoms with Gasteiger partial charge in [-0.1, -0.05) is 11.6 Å². The maximum Gasteiger partial charge on any atom is 0.306 e. The second-order valence-corrected chi connectivity index (χ2v) is 8.00. The van der Waals surface area contributed by atoms with Crippen LogP contribution in [0.3, 0.4) is 0 Å². The van der Waals surface area contributed by atoms with Crippen LogP contribution in [-0.2, 0) is 4.79 Å². The molecular formula is C23H24ClFN2O5. The number of halogens is 2. The lowest BCUT2D eigenvalue weighted by atomic mass is 9.87. The molecular weight excluding hydrogens is 439 g/mol. The standard InChI is InChI=1S/C23H24ClFN2O5/c24-19-10-5-16(13-20(19)25)22(29)27-12-11-26-21(28)14-1-6-17(7-2-14)32-18-8-3-15(4-9-18)23(30)31/h1-2,5-7,10,13,15,18H,3-4,8-9,11-12H2,(H,26,28)(H,27,29)(H,30,31). The van der Waals surface area contributed by atoms with Crippen molar-refractivity contribution in [3.8, 4) is 5.75 Å². The monoisotopic (exact) mass is 462 g/mol. The van der Waals surface area contributed by atoms with Crippen LogP contribution in [-0.4, -0.2) is 42.1 Å². The van der Waals surface area contributed by atoms with E-state index in [0.29, 0.717) is 37.0 Å². The van der Waals surface area contributed by atoms with Gasteiger partial charge in [0.1, 0.15) is 11.6 Å². The second-order valence-electron chi connectivity index (χ2n) is 7.59. The Bertz CT molecular complexity index is 975. The molecule has 0 spiro atoms. The highest BCUT2D eigenvalue weighted by Crippen LogP contribution is 2.28. The third kappa shape index (κ3) is 6.43. The number of carboxylic acid groups (broad SMARTS) is 1. The first-order valence-corrected chi connectivity index (χ1v) is 10.7. The Morgan fingerprint density at radius 3 is 2.06 bits per heavy atom. The number of nitrogens with one attached hydrogen (secondary N) is 2. The Hall–Kier alpha value is -3.13. The van der Waals surface area contributed by atoms with Crippen molar-refractivity contribution in [3.05, 3.63) is 64.4 Å². The molecule has 9 heteroatoms. The van der Waals surface area contributed by atoms with Crippen molar-refractivity contribution in [2.45, 2.75) is 31.8 Å². The minimum atomic E-state index is -0.753. The van der Waals surface area contributed by atoms with Crippen LogP contribution in [0.25, 0.3) is 0 Å². The van der Waals surface area contributed by atoms with Crippen molar-refractivity contribution in [2.24, 2.45) is 5.92 Å². The molecule has 3 N–H and O–H groups in total. The number of carbonyl (C=O) groups excluding carboxylic acids is 2. The number of benzene rings is 2. The van der Waals surface area contributed by atoms with Crippen LogP contribution in [0.2, 0.25) is 5.02 Å². The number of carbonyl (C=O) groups is 3. The van der Waals surface area contributed by atoms with E-state index in [1.165, 1.54) is 12.1 Å². The zero-order valence-electron chi connectivity index (χ0n) is 17.3. The summed E-state index contributed by atoms with van der Waals surface area (Å²) in [4.78, 5) is 35.3. The van der Waals surface area contributed by atoms with E-state index in [1.807, 2.05) is 0 Å². The van der Waals surface area contributed by atoms with Crippen molar-refractivity contribution in [1.29, 1.82) is 0 Å². The van der Waals surface area contributed by atoms with Gasteiger partial charge in [-0.05, 0) is 68.1 Å². The number of carboxylic acids is 1. The van der Waals surface area contributed by atoms with Gasteiger partial charge in [-0.2, -0.15) is 0 Å². The summed E-state index contributed by atoms with van der Waals surface area (Å²) in [6.45, 7) is 0.376. The normalized spacial score (nSPS) is 17.9. The molecule has 0 saturated heterocycles. The highest BCUT2D eigenvalue weighted by atomic mass is 35.5. The van der Waals surface area contributed by atoms with E-state index in [2.05, 4.69) is 10.6 Å². The molecule has 1 aliphatic rings. The predicted octanol–water partition coefficient (Wildman–Crippen LogP) is 3.66. The van der Waals surface area contributed by atoms with E-state index in [-0.39, 0.29) is 41.6 Å². The summed E-state index contributed by atoms with van der Waals surface area (Å²) < 4.78 is 19.3. The fourth-order valence-corrected chi connectivity index (χ4v) is 3.62. The summed E-state index contributed by atoms with van der Waals surface area (Å²) in [6, 6.07) is 10.5. The van der Waals surface area contributed by atoms with Crippen LogP contribution in [0.5, 0.6) is 5.75 Å². The molecule has 32 heavy (non-hydrogen) atoms. The van der Waals surface area contributed by atoms with E-state index in [9.17, 15) is 18.8 Å². The lowest BCUT2D eigenvalue weighted by molar-refractivity contribution is -0.143. The summed E-state index contributed by atoms with van der Waals surface area (Å²) in [6.07, 6.45) is 2.55. The molecule has 0 unspecified atom stereocenters. The van der Waals surface area contributed by atoms with Crippen LogP contribution < -0.4 is 15.4 Å². The van der Waals surface area contributed by atoms with Crippen molar-refractivity contribution < 1.29 is 28.6 Å². The number of hydrogen-bond acceptors (Lipinski definition) is 4. The van der Waals surface area contributed by atoms with Gasteiger partial charge in [-0.25, -0.2) is 4.39 Å². The number of hydrogen-bond donors (Lipinski definition) is 3. The molecule has 1 saturated carbocycles. The fourth-order valence-electron chi connectivity index (χ4n) is 3.50. The zero-order valence-corrected chi connectivity index (χ0v) is 18.0. The molecule has 0 aliphatic heterocycles. The average Bonchev–Trinajstić information content (AvgIpc) is 2.79. The number of amides is 2. The second kappa shape index (κ2) is 10.9. The molecule has 0 aromatic heterocycles. The van der Waals surface area contributed by atoms with E-state index < -0.39 is 17.7 Å². The number of rotatable bonds is 8. The van der Waals surface area contributed by atoms with Crippen LogP contribution in [0, 0.1) is 11.7 Å². The zero-order chi connectivity index (χ0) is 23.1. The number of ether oxygens (including phenoxy) is 1. The summed E-state index contributed by atoms with van der Waals surface area (Å²) in [5.41, 5.74) is 0.586. The first-order valence-electron chi connectivity index (χ1n) is 10.3. The summed E-state index contributed by atoms with van der Waals surface area (Å²) >= 11 is 5.60. The molecule has 2 aromatic rings. The van der Waals surface area contributed by atoms with Gasteiger partial charge in [-0.15, -0.1) is 0 Å². The summed E-state index contributed by atoms with van der Waals surface area (Å²) in [7, 11) is 0. The molecule has 170 valence electrons. The molecule has 3 rings (SSSR count). The van der Waals surface area contributed by atoms with Gasteiger partial charge in [0, 0.05) is 24.2 Å². The van der Waals surface area contributed by atoms with Crippen molar-refractivity contribution in [2.75, 3.05) is 13.1 Å². The van der Waals surface area contributed by atoms with Gasteiger partial charge in [0.25, 0.3) is 11.8 Å². The van der Waals surface area contributed by atoms with Gasteiger partial charge in [0.15, 0.2) is 0 Å². The number of aliphatic carboxylic acids is 1. The van der Waals surface area contributed by atoms with Gasteiger partial charge in [0.05, 0.1) is 17.0 Å². The van der Waals surface area contributed by atoms with Crippen LogP contribution in [0.4, 0.5) is 4.39 Å². The molecule has 2 amide bonds. The first kappa shape index (κ1) is 23.5. The van der Waals surface area contributed by atoms with E-state index in [0.717, 1.165) is 6.07 Å². The largest absolute Gasteiger partial charge is 0.490 e. The van der Waals surface area contributed by atoms with Gasteiger partial charge >= 0.3 is 5.97 Å². The molecule has 7 nitrogen and oxygen atoms in total. The molecule has 2 aromatic carbocycles. The van der Waals surface area contributed by atoms with E-state index in [1.54, 1.807) is 24.3 Å². The predicted molar refractivity (Wildman–Crippen MR) is 117 cm³/mol. The van der Waals surface area contributed by atoms with Crippen molar-refractivity contribution in [3.63, 3.8) is 0 Å². The highest BCUT2D eigenvalue weighted by Gasteiger charge is 2.26. The Morgan fingerprint density at radius 2 is 1.50 bits per heavy atom. The highest BCUT2D eigenvalue weighted by molar-refractivity contribution is 6.30. The molecule has 0 bridgehead atoms. The minimum Gasteiger partial charge on any atom is -0.490 e. The van der Waals surface area contributed by atoms with Crippen LogP contribution in [0.15, 0.2) is 42.5 Å². The molecule has 0 radical (unpaired) electrons.